The lowest BCUT2D eigenvalue weighted by Crippen LogP contribution is -2.34. The average molecular weight is 623 g/mol. The van der Waals surface area contributed by atoms with Gasteiger partial charge in [0, 0.05) is 53.2 Å². The predicted octanol–water partition coefficient (Wildman–Crippen LogP) is 4.87. The van der Waals surface area contributed by atoms with E-state index in [4.69, 9.17) is 9.84 Å². The number of rotatable bonds is 4. The summed E-state index contributed by atoms with van der Waals surface area (Å²) in [5.41, 5.74) is 6.13. The van der Waals surface area contributed by atoms with E-state index in [0.29, 0.717) is 17.2 Å². The molecule has 0 radical (unpaired) electrons. The van der Waals surface area contributed by atoms with Crippen molar-refractivity contribution in [2.24, 2.45) is 0 Å². The van der Waals surface area contributed by atoms with E-state index in [9.17, 15) is 9.59 Å². The van der Waals surface area contributed by atoms with E-state index >= 15 is 0 Å². The van der Waals surface area contributed by atoms with Gasteiger partial charge in [-0.05, 0) is 79.1 Å². The van der Waals surface area contributed by atoms with Crippen molar-refractivity contribution in [1.82, 2.24) is 29.5 Å². The maximum absolute atomic E-state index is 13.4. The number of aromatic nitrogens is 4. The lowest BCUT2D eigenvalue weighted by atomic mass is 9.95. The molecular formula is C28H28BrN7O3S. The molecular weight excluding hydrogens is 594 g/mol. The van der Waals surface area contributed by atoms with Crippen LogP contribution < -0.4 is 5.32 Å². The van der Waals surface area contributed by atoms with Gasteiger partial charge in [0.15, 0.2) is 5.13 Å². The van der Waals surface area contributed by atoms with Crippen LogP contribution in [0.4, 0.5) is 9.93 Å². The van der Waals surface area contributed by atoms with Crippen molar-refractivity contribution >= 4 is 44.4 Å². The Bertz CT molecular complexity index is 1590. The van der Waals surface area contributed by atoms with Gasteiger partial charge in [0.05, 0.1) is 34.8 Å². The van der Waals surface area contributed by atoms with E-state index in [0.717, 1.165) is 82.1 Å². The molecule has 3 aromatic heterocycles. The minimum Gasteiger partial charge on any atom is -0.453 e. The fourth-order valence-corrected chi connectivity index (χ4v) is 6.82. The number of thiazole rings is 1. The Labute approximate surface area is 244 Å². The fraction of sp³-hybridized carbons (Fsp3) is 0.321. The molecule has 0 saturated carbocycles. The molecule has 1 fully saturated rings. The molecule has 0 unspecified atom stereocenters. The zero-order valence-electron chi connectivity index (χ0n) is 22.2. The summed E-state index contributed by atoms with van der Waals surface area (Å²) >= 11 is 5.14. The van der Waals surface area contributed by atoms with Gasteiger partial charge in [0.25, 0.3) is 5.91 Å². The summed E-state index contributed by atoms with van der Waals surface area (Å²) in [7, 11) is 3.42. The van der Waals surface area contributed by atoms with Crippen LogP contribution in [0.2, 0.25) is 0 Å². The van der Waals surface area contributed by atoms with Crippen LogP contribution >= 0.6 is 27.3 Å². The molecule has 0 atom stereocenters. The van der Waals surface area contributed by atoms with Crippen molar-refractivity contribution in [2.75, 3.05) is 45.7 Å². The average Bonchev–Trinajstić information content (AvgIpc) is 3.48. The van der Waals surface area contributed by atoms with Gasteiger partial charge in [-0.25, -0.2) is 14.5 Å². The minimum atomic E-state index is -0.560. The van der Waals surface area contributed by atoms with E-state index in [-0.39, 0.29) is 5.91 Å². The van der Waals surface area contributed by atoms with Crippen LogP contribution in [0.15, 0.2) is 47.2 Å². The highest BCUT2D eigenvalue weighted by Gasteiger charge is 2.31. The molecule has 0 bridgehead atoms. The van der Waals surface area contributed by atoms with E-state index in [1.54, 1.807) is 6.20 Å². The molecule has 6 rings (SSSR count). The summed E-state index contributed by atoms with van der Waals surface area (Å²) < 4.78 is 7.44. The van der Waals surface area contributed by atoms with Crippen LogP contribution in [0.3, 0.4) is 0 Å². The molecule has 1 aromatic carbocycles. The Morgan fingerprint density at radius 1 is 1.12 bits per heavy atom. The van der Waals surface area contributed by atoms with E-state index < -0.39 is 6.09 Å². The van der Waals surface area contributed by atoms with Gasteiger partial charge in [-0.15, -0.1) is 0 Å². The summed E-state index contributed by atoms with van der Waals surface area (Å²) in [5.74, 6) is 0.0318. The van der Waals surface area contributed by atoms with Crippen molar-refractivity contribution in [1.29, 1.82) is 0 Å². The van der Waals surface area contributed by atoms with Gasteiger partial charge < -0.3 is 14.5 Å². The lowest BCUT2D eigenvalue weighted by Gasteiger charge is -2.21. The zero-order chi connectivity index (χ0) is 27.8. The number of carbonyl (C=O) groups excluding carboxylic acids is 2. The molecule has 12 heteroatoms. The van der Waals surface area contributed by atoms with E-state index in [1.807, 2.05) is 46.1 Å². The van der Waals surface area contributed by atoms with Crippen LogP contribution in [0, 0.1) is 0 Å². The minimum absolute atomic E-state index is 0.0318. The summed E-state index contributed by atoms with van der Waals surface area (Å²) in [6.07, 6.45) is 5.42. The molecule has 1 aliphatic carbocycles. The highest BCUT2D eigenvalue weighted by atomic mass is 79.9. The molecule has 4 aromatic rings. The first-order chi connectivity index (χ1) is 19.4. The van der Waals surface area contributed by atoms with Crippen molar-refractivity contribution < 1.29 is 14.3 Å². The molecule has 206 valence electrons. The number of carbonyl (C=O) groups is 2. The topological polar surface area (TPSA) is 105 Å². The van der Waals surface area contributed by atoms with Gasteiger partial charge in [0.1, 0.15) is 0 Å². The van der Waals surface area contributed by atoms with Crippen LogP contribution in [-0.4, -0.2) is 81.9 Å². The second kappa shape index (κ2) is 11.1. The second-order valence-electron chi connectivity index (χ2n) is 9.86. The number of nitrogens with one attached hydrogen (secondary N) is 1. The van der Waals surface area contributed by atoms with Gasteiger partial charge >= 0.3 is 6.09 Å². The number of methoxy groups -OCH3 is 1. The number of pyridine rings is 1. The first-order valence-corrected chi connectivity index (χ1v) is 14.7. The maximum Gasteiger partial charge on any atom is 0.413 e. The molecule has 10 nitrogen and oxygen atoms in total. The van der Waals surface area contributed by atoms with Crippen molar-refractivity contribution in [3.05, 3.63) is 64.0 Å². The molecule has 4 heterocycles. The van der Waals surface area contributed by atoms with Crippen LogP contribution in [-0.2, 0) is 17.6 Å². The SMILES string of the molecule is COC(=O)Nc1nc2c(s1)-c1c(c(-c3cccnc3)nn1-c1ccc(C(=O)N3CCCN(C)CC3)cc1Br)CC2. The molecule has 2 amide bonds. The number of likely N-dealkylation sites (N-methyl/N-ethyl adjacent to an activating group) is 1. The van der Waals surface area contributed by atoms with Gasteiger partial charge in [0.2, 0.25) is 0 Å². The third-order valence-electron chi connectivity index (χ3n) is 7.27. The normalized spacial score (nSPS) is 15.2. The fourth-order valence-electron chi connectivity index (χ4n) is 5.21. The highest BCUT2D eigenvalue weighted by molar-refractivity contribution is 9.10. The smallest absolute Gasteiger partial charge is 0.413 e. The standard InChI is InChI=1S/C28H28BrN7O3S/c1-34-11-4-12-35(14-13-34)26(37)17-6-9-22(20(29)15-17)36-24-19(23(33-36)18-5-3-10-30-16-18)7-8-21-25(24)40-27(31-21)32-28(38)39-2/h3,5-6,9-10,15-16H,4,7-8,11-14H2,1-2H3,(H,31,32,38). The van der Waals surface area contributed by atoms with Crippen LogP contribution in [0.25, 0.3) is 27.5 Å². The van der Waals surface area contributed by atoms with Crippen LogP contribution in [0.5, 0.6) is 0 Å². The van der Waals surface area contributed by atoms with Gasteiger partial charge in [-0.1, -0.05) is 11.3 Å². The number of halogens is 1. The lowest BCUT2D eigenvalue weighted by molar-refractivity contribution is 0.0762. The molecule has 40 heavy (non-hydrogen) atoms. The molecule has 2 aliphatic rings. The monoisotopic (exact) mass is 621 g/mol. The summed E-state index contributed by atoms with van der Waals surface area (Å²) in [6, 6.07) is 9.59. The first kappa shape index (κ1) is 26.6. The Balaban J connectivity index is 1.42. The van der Waals surface area contributed by atoms with E-state index in [1.165, 1.54) is 18.4 Å². The summed E-state index contributed by atoms with van der Waals surface area (Å²) in [5, 5.41) is 8.25. The van der Waals surface area contributed by atoms with Crippen molar-refractivity contribution in [3.8, 4) is 27.5 Å². The molecule has 1 saturated heterocycles. The number of aryl methyl sites for hydroxylation is 1. The number of amides is 2. The molecule has 0 spiro atoms. The number of anilines is 1. The number of ether oxygens (including phenoxy) is 1. The number of benzene rings is 1. The number of hydrogen-bond donors (Lipinski definition) is 1. The summed E-state index contributed by atoms with van der Waals surface area (Å²) in [4.78, 5) is 39.3. The largest absolute Gasteiger partial charge is 0.453 e. The third-order valence-corrected chi connectivity index (χ3v) is 8.92. The quantitative estimate of drug-likeness (QED) is 0.346. The number of hydrogen-bond acceptors (Lipinski definition) is 8. The number of nitrogens with zero attached hydrogens (tertiary/aromatic N) is 6. The Morgan fingerprint density at radius 2 is 2.00 bits per heavy atom. The van der Waals surface area contributed by atoms with Gasteiger partial charge in [-0.2, -0.15) is 5.10 Å². The maximum atomic E-state index is 13.4. The second-order valence-corrected chi connectivity index (χ2v) is 11.7. The van der Waals surface area contributed by atoms with Crippen molar-refractivity contribution in [3.63, 3.8) is 0 Å². The Hall–Kier alpha value is -3.61. The van der Waals surface area contributed by atoms with Gasteiger partial charge in [-0.3, -0.25) is 15.1 Å². The van der Waals surface area contributed by atoms with Crippen molar-refractivity contribution in [2.45, 2.75) is 19.3 Å². The predicted molar refractivity (Wildman–Crippen MR) is 157 cm³/mol. The Morgan fingerprint density at radius 3 is 2.77 bits per heavy atom. The summed E-state index contributed by atoms with van der Waals surface area (Å²) in [6.45, 7) is 3.32. The molecule has 1 aliphatic heterocycles. The number of fused-ring (bicyclic) bond motifs is 3. The van der Waals surface area contributed by atoms with Crippen LogP contribution in [0.1, 0.15) is 28.0 Å². The first-order valence-electron chi connectivity index (χ1n) is 13.1. The zero-order valence-corrected chi connectivity index (χ0v) is 24.6. The van der Waals surface area contributed by atoms with E-state index in [2.05, 4.69) is 43.2 Å². The highest BCUT2D eigenvalue weighted by Crippen LogP contribution is 2.44. The Kier molecular flexibility index (Phi) is 7.39. The molecule has 1 N–H and O–H groups in total. The third kappa shape index (κ3) is 5.02.